The summed E-state index contributed by atoms with van der Waals surface area (Å²) in [5.74, 6) is 1.08. The van der Waals surface area contributed by atoms with Gasteiger partial charge in [-0.3, -0.25) is 9.78 Å². The third-order valence-electron chi connectivity index (χ3n) is 4.68. The zero-order valence-electron chi connectivity index (χ0n) is 14.1. The zero-order chi connectivity index (χ0) is 17.2. The summed E-state index contributed by atoms with van der Waals surface area (Å²) < 4.78 is 5.88. The first kappa shape index (κ1) is 15.6. The smallest absolute Gasteiger partial charge is 0.263 e. The van der Waals surface area contributed by atoms with Crippen molar-refractivity contribution < 1.29 is 9.53 Å². The SMILES string of the molecule is C[C@@H](Oc1ccc2ccccc2c1)C(=O)N1CC(c2ccccn2)C1. The Bertz CT molecular complexity index is 889. The number of hydrogen-bond acceptors (Lipinski definition) is 3. The summed E-state index contributed by atoms with van der Waals surface area (Å²) in [6.07, 6.45) is 1.30. The number of benzene rings is 2. The molecule has 4 rings (SSSR count). The van der Waals surface area contributed by atoms with Gasteiger partial charge in [-0.15, -0.1) is 0 Å². The molecule has 2 heterocycles. The molecule has 4 heteroatoms. The Labute approximate surface area is 147 Å². The molecule has 1 saturated heterocycles. The van der Waals surface area contributed by atoms with Crippen LogP contribution in [-0.2, 0) is 4.79 Å². The van der Waals surface area contributed by atoms with Crippen LogP contribution < -0.4 is 4.74 Å². The Morgan fingerprint density at radius 2 is 1.84 bits per heavy atom. The highest BCUT2D eigenvalue weighted by atomic mass is 16.5. The van der Waals surface area contributed by atoms with E-state index in [1.807, 2.05) is 66.4 Å². The van der Waals surface area contributed by atoms with Crippen molar-refractivity contribution >= 4 is 16.7 Å². The number of fused-ring (bicyclic) bond motifs is 1. The highest BCUT2D eigenvalue weighted by Crippen LogP contribution is 2.27. The fourth-order valence-electron chi connectivity index (χ4n) is 3.22. The van der Waals surface area contributed by atoms with Gasteiger partial charge in [0.05, 0.1) is 0 Å². The lowest BCUT2D eigenvalue weighted by molar-refractivity contribution is -0.142. The molecule has 0 aliphatic carbocycles. The normalized spacial score (nSPS) is 15.6. The molecule has 3 aromatic rings. The Hall–Kier alpha value is -2.88. The van der Waals surface area contributed by atoms with Crippen LogP contribution in [0.15, 0.2) is 66.9 Å². The minimum absolute atomic E-state index is 0.0281. The van der Waals surface area contributed by atoms with Crippen LogP contribution in [0.2, 0.25) is 0 Å². The first-order valence-corrected chi connectivity index (χ1v) is 8.56. The van der Waals surface area contributed by atoms with Gasteiger partial charge in [-0.1, -0.05) is 36.4 Å². The summed E-state index contributed by atoms with van der Waals surface area (Å²) in [7, 11) is 0. The standard InChI is InChI=1S/C21H20N2O2/c1-15(25-19-10-9-16-6-2-3-7-17(16)12-19)21(24)23-13-18(14-23)20-8-4-5-11-22-20/h2-12,15,18H,13-14H2,1H3/t15-/m1/s1. The third-order valence-corrected chi connectivity index (χ3v) is 4.68. The quantitative estimate of drug-likeness (QED) is 0.733. The number of likely N-dealkylation sites (tertiary alicyclic amines) is 1. The fraction of sp³-hybridized carbons (Fsp3) is 0.238. The van der Waals surface area contributed by atoms with Crippen molar-refractivity contribution in [3.05, 3.63) is 72.6 Å². The molecule has 126 valence electrons. The second kappa shape index (κ2) is 6.55. The minimum Gasteiger partial charge on any atom is -0.481 e. The Morgan fingerprint density at radius 1 is 1.08 bits per heavy atom. The topological polar surface area (TPSA) is 42.4 Å². The van der Waals surface area contributed by atoms with Gasteiger partial charge in [0.25, 0.3) is 5.91 Å². The largest absolute Gasteiger partial charge is 0.481 e. The molecule has 0 N–H and O–H groups in total. The van der Waals surface area contributed by atoms with E-state index < -0.39 is 6.10 Å². The van der Waals surface area contributed by atoms with Gasteiger partial charge in [0, 0.05) is 30.9 Å². The van der Waals surface area contributed by atoms with Crippen LogP contribution in [0.4, 0.5) is 0 Å². The number of rotatable bonds is 4. The van der Waals surface area contributed by atoms with E-state index in [1.54, 1.807) is 6.20 Å². The second-order valence-electron chi connectivity index (χ2n) is 6.46. The molecule has 1 atom stereocenters. The van der Waals surface area contributed by atoms with Crippen molar-refractivity contribution in [3.63, 3.8) is 0 Å². The zero-order valence-corrected chi connectivity index (χ0v) is 14.1. The van der Waals surface area contributed by atoms with Gasteiger partial charge in [0.1, 0.15) is 5.75 Å². The molecule has 4 nitrogen and oxygen atoms in total. The van der Waals surface area contributed by atoms with E-state index in [9.17, 15) is 4.79 Å². The summed E-state index contributed by atoms with van der Waals surface area (Å²) in [6, 6.07) is 19.9. The van der Waals surface area contributed by atoms with Gasteiger partial charge < -0.3 is 9.64 Å². The maximum absolute atomic E-state index is 12.6. The number of aromatic nitrogens is 1. The average Bonchev–Trinajstić information content (AvgIpc) is 2.61. The number of amides is 1. The number of ether oxygens (including phenoxy) is 1. The van der Waals surface area contributed by atoms with E-state index in [0.717, 1.165) is 22.2 Å². The second-order valence-corrected chi connectivity index (χ2v) is 6.46. The number of pyridine rings is 1. The molecule has 0 spiro atoms. The van der Waals surface area contributed by atoms with Gasteiger partial charge in [0.2, 0.25) is 0 Å². The van der Waals surface area contributed by atoms with Crippen LogP contribution in [-0.4, -0.2) is 35.0 Å². The molecular weight excluding hydrogens is 312 g/mol. The third kappa shape index (κ3) is 3.20. The Morgan fingerprint density at radius 3 is 2.60 bits per heavy atom. The molecule has 1 amide bonds. The monoisotopic (exact) mass is 332 g/mol. The van der Waals surface area contributed by atoms with Gasteiger partial charge in [0.15, 0.2) is 6.10 Å². The van der Waals surface area contributed by atoms with Crippen LogP contribution in [0.3, 0.4) is 0 Å². The lowest BCUT2D eigenvalue weighted by Crippen LogP contribution is -2.52. The van der Waals surface area contributed by atoms with Crippen LogP contribution in [0.25, 0.3) is 10.8 Å². The lowest BCUT2D eigenvalue weighted by Gasteiger charge is -2.40. The van der Waals surface area contributed by atoms with Crippen LogP contribution >= 0.6 is 0 Å². The average molecular weight is 332 g/mol. The summed E-state index contributed by atoms with van der Waals surface area (Å²) >= 11 is 0. The summed E-state index contributed by atoms with van der Waals surface area (Å²) in [6.45, 7) is 3.23. The number of hydrogen-bond donors (Lipinski definition) is 0. The van der Waals surface area contributed by atoms with Crippen molar-refractivity contribution in [1.82, 2.24) is 9.88 Å². The number of nitrogens with zero attached hydrogens (tertiary/aromatic N) is 2. The van der Waals surface area contributed by atoms with Crippen LogP contribution in [0.1, 0.15) is 18.5 Å². The van der Waals surface area contributed by atoms with Crippen molar-refractivity contribution in [3.8, 4) is 5.75 Å². The van der Waals surface area contributed by atoms with Crippen molar-refractivity contribution in [2.45, 2.75) is 18.9 Å². The maximum atomic E-state index is 12.6. The molecule has 0 unspecified atom stereocenters. The van der Waals surface area contributed by atoms with Gasteiger partial charge >= 0.3 is 0 Å². The van der Waals surface area contributed by atoms with E-state index in [-0.39, 0.29) is 5.91 Å². The van der Waals surface area contributed by atoms with E-state index in [4.69, 9.17) is 4.74 Å². The van der Waals surface area contributed by atoms with E-state index in [1.165, 1.54) is 0 Å². The Balaban J connectivity index is 1.38. The molecular formula is C21H20N2O2. The lowest BCUT2D eigenvalue weighted by atomic mass is 9.95. The summed E-state index contributed by atoms with van der Waals surface area (Å²) in [5.41, 5.74) is 1.05. The van der Waals surface area contributed by atoms with Gasteiger partial charge in [-0.25, -0.2) is 0 Å². The Kier molecular flexibility index (Phi) is 4.10. The molecule has 1 aromatic heterocycles. The maximum Gasteiger partial charge on any atom is 0.263 e. The first-order valence-electron chi connectivity index (χ1n) is 8.56. The molecule has 1 fully saturated rings. The van der Waals surface area contributed by atoms with Crippen molar-refractivity contribution in [2.24, 2.45) is 0 Å². The predicted molar refractivity (Wildman–Crippen MR) is 97.6 cm³/mol. The van der Waals surface area contributed by atoms with Crippen LogP contribution in [0.5, 0.6) is 5.75 Å². The van der Waals surface area contributed by atoms with Crippen molar-refractivity contribution in [2.75, 3.05) is 13.1 Å². The molecule has 1 aliphatic rings. The molecule has 25 heavy (non-hydrogen) atoms. The van der Waals surface area contributed by atoms with Crippen molar-refractivity contribution in [1.29, 1.82) is 0 Å². The number of carbonyl (C=O) groups is 1. The van der Waals surface area contributed by atoms with E-state index >= 15 is 0 Å². The predicted octanol–water partition coefficient (Wildman–Crippen LogP) is 3.63. The molecule has 0 saturated carbocycles. The van der Waals surface area contributed by atoms with Gasteiger partial charge in [-0.2, -0.15) is 0 Å². The first-order chi connectivity index (χ1) is 12.2. The highest BCUT2D eigenvalue weighted by molar-refractivity contribution is 5.84. The summed E-state index contributed by atoms with van der Waals surface area (Å²) in [5, 5.41) is 2.27. The molecule has 1 aliphatic heterocycles. The van der Waals surface area contributed by atoms with E-state index in [2.05, 4.69) is 11.1 Å². The molecule has 0 bridgehead atoms. The summed E-state index contributed by atoms with van der Waals surface area (Å²) in [4.78, 5) is 18.8. The molecule has 0 radical (unpaired) electrons. The van der Waals surface area contributed by atoms with Crippen LogP contribution in [0, 0.1) is 0 Å². The minimum atomic E-state index is -0.495. The fourth-order valence-corrected chi connectivity index (χ4v) is 3.22. The van der Waals surface area contributed by atoms with Gasteiger partial charge in [-0.05, 0) is 42.0 Å². The van der Waals surface area contributed by atoms with E-state index in [0.29, 0.717) is 19.0 Å². The molecule has 2 aromatic carbocycles. The highest BCUT2D eigenvalue weighted by Gasteiger charge is 2.35. The number of carbonyl (C=O) groups excluding carboxylic acids is 1.